The van der Waals surface area contributed by atoms with Crippen LogP contribution >= 0.6 is 11.6 Å². The normalized spacial score (nSPS) is 15.3. The predicted molar refractivity (Wildman–Crippen MR) is 123 cm³/mol. The number of anilines is 2. The molecule has 3 heterocycles. The van der Waals surface area contributed by atoms with Gasteiger partial charge in [-0.25, -0.2) is 9.97 Å². The third kappa shape index (κ3) is 3.84. The molecule has 7 nitrogen and oxygen atoms in total. The summed E-state index contributed by atoms with van der Waals surface area (Å²) in [7, 11) is 0. The summed E-state index contributed by atoms with van der Waals surface area (Å²) in [5.74, 6) is 0.0621. The van der Waals surface area contributed by atoms with Crippen LogP contribution < -0.4 is 20.9 Å². The maximum Gasteiger partial charge on any atom is 0.415 e. The van der Waals surface area contributed by atoms with Crippen molar-refractivity contribution >= 4 is 34.0 Å². The molecule has 4 aromatic rings. The summed E-state index contributed by atoms with van der Waals surface area (Å²) in [4.78, 5) is 21.6. The highest BCUT2D eigenvalue weighted by molar-refractivity contribution is 6.35. The van der Waals surface area contributed by atoms with Gasteiger partial charge in [0.05, 0.1) is 16.5 Å². The van der Waals surface area contributed by atoms with Gasteiger partial charge in [0.2, 0.25) is 5.75 Å². The fourth-order valence-electron chi connectivity index (χ4n) is 3.85. The van der Waals surface area contributed by atoms with Crippen LogP contribution in [0.3, 0.4) is 0 Å². The molecule has 0 unspecified atom stereocenters. The van der Waals surface area contributed by atoms with E-state index < -0.39 is 18.7 Å². The molecule has 2 aromatic carbocycles. The van der Waals surface area contributed by atoms with Crippen LogP contribution in [0.1, 0.15) is 18.7 Å². The number of alkyl halides is 2. The Morgan fingerprint density at radius 3 is 2.76 bits per heavy atom. The standard InChI is InChI=1S/C23H18ClF2N5O2/c1-13(30-21-19-20(28-12-29-21)27-11-23(25,26)33-19)17-10-14-6-5-9-16(24)18(14)22(32)31(17)15-7-3-2-4-8-15/h2-10,12-13H,11H2,1H3,(H2,27,28,29,30)/t13-/m0/s1. The number of halogens is 3. The van der Waals surface area contributed by atoms with Crippen LogP contribution in [0.4, 0.5) is 20.4 Å². The molecule has 2 N–H and O–H groups in total. The number of hydrogen-bond acceptors (Lipinski definition) is 6. The average Bonchev–Trinajstić information content (AvgIpc) is 2.79. The fourth-order valence-corrected chi connectivity index (χ4v) is 4.11. The molecule has 0 saturated carbocycles. The minimum absolute atomic E-state index is 0.0811. The number of pyridine rings is 1. The maximum absolute atomic E-state index is 13.8. The molecule has 0 saturated heterocycles. The van der Waals surface area contributed by atoms with Crippen molar-refractivity contribution < 1.29 is 13.5 Å². The number of benzene rings is 2. The zero-order chi connectivity index (χ0) is 23.2. The van der Waals surface area contributed by atoms with Crippen molar-refractivity contribution in [1.82, 2.24) is 14.5 Å². The summed E-state index contributed by atoms with van der Waals surface area (Å²) in [5, 5.41) is 7.05. The van der Waals surface area contributed by atoms with E-state index in [1.165, 1.54) is 6.33 Å². The highest BCUT2D eigenvalue weighted by atomic mass is 35.5. The van der Waals surface area contributed by atoms with Gasteiger partial charge in [-0.05, 0) is 36.6 Å². The van der Waals surface area contributed by atoms with Crippen LogP contribution in [0.15, 0.2) is 65.7 Å². The van der Waals surface area contributed by atoms with Crippen molar-refractivity contribution in [3.05, 3.63) is 82.0 Å². The molecule has 0 aliphatic carbocycles. The number of para-hydroxylation sites is 1. The van der Waals surface area contributed by atoms with Crippen LogP contribution in [0.2, 0.25) is 5.02 Å². The molecule has 0 bridgehead atoms. The molecule has 33 heavy (non-hydrogen) atoms. The van der Waals surface area contributed by atoms with Crippen molar-refractivity contribution in [2.24, 2.45) is 0 Å². The van der Waals surface area contributed by atoms with E-state index in [-0.39, 0.29) is 22.9 Å². The van der Waals surface area contributed by atoms with E-state index in [1.54, 1.807) is 41.8 Å². The van der Waals surface area contributed by atoms with Crippen LogP contribution in [0, 0.1) is 0 Å². The minimum atomic E-state index is -3.40. The lowest BCUT2D eigenvalue weighted by molar-refractivity contribution is -0.167. The van der Waals surface area contributed by atoms with E-state index in [4.69, 9.17) is 16.3 Å². The lowest BCUT2D eigenvalue weighted by Crippen LogP contribution is -2.38. The molecule has 1 aliphatic rings. The van der Waals surface area contributed by atoms with E-state index in [0.717, 1.165) is 0 Å². The number of nitrogens with one attached hydrogen (secondary N) is 2. The van der Waals surface area contributed by atoms with Crippen molar-refractivity contribution in [3.63, 3.8) is 0 Å². The predicted octanol–water partition coefficient (Wildman–Crippen LogP) is 5.00. The average molecular weight is 470 g/mol. The lowest BCUT2D eigenvalue weighted by atomic mass is 10.1. The van der Waals surface area contributed by atoms with Crippen molar-refractivity contribution in [1.29, 1.82) is 0 Å². The third-order valence-electron chi connectivity index (χ3n) is 5.35. The first-order valence-electron chi connectivity index (χ1n) is 10.2. The Morgan fingerprint density at radius 1 is 1.18 bits per heavy atom. The summed E-state index contributed by atoms with van der Waals surface area (Å²) < 4.78 is 34.1. The summed E-state index contributed by atoms with van der Waals surface area (Å²) in [6, 6.07) is 15.7. The summed E-state index contributed by atoms with van der Waals surface area (Å²) in [6.07, 6.45) is -2.15. The molecule has 0 amide bonds. The molecule has 1 aliphatic heterocycles. The first-order chi connectivity index (χ1) is 15.8. The van der Waals surface area contributed by atoms with Gasteiger partial charge >= 0.3 is 6.11 Å². The second-order valence-electron chi connectivity index (χ2n) is 7.61. The summed E-state index contributed by atoms with van der Waals surface area (Å²) in [5.41, 5.74) is 0.938. The van der Waals surface area contributed by atoms with E-state index in [9.17, 15) is 13.6 Å². The molecule has 2 aromatic heterocycles. The maximum atomic E-state index is 13.8. The highest BCUT2D eigenvalue weighted by Gasteiger charge is 2.38. The van der Waals surface area contributed by atoms with E-state index >= 15 is 0 Å². The topological polar surface area (TPSA) is 81.1 Å². The molecule has 0 spiro atoms. The molecule has 1 atom stereocenters. The van der Waals surface area contributed by atoms with Gasteiger partial charge in [0.25, 0.3) is 5.56 Å². The summed E-state index contributed by atoms with van der Waals surface area (Å²) >= 11 is 6.35. The van der Waals surface area contributed by atoms with E-state index in [0.29, 0.717) is 27.2 Å². The smallest absolute Gasteiger partial charge is 0.415 e. The largest absolute Gasteiger partial charge is 0.423 e. The van der Waals surface area contributed by atoms with Gasteiger partial charge in [0, 0.05) is 11.4 Å². The number of hydrogen-bond donors (Lipinski definition) is 2. The molecular weight excluding hydrogens is 452 g/mol. The Bertz CT molecular complexity index is 1410. The van der Waals surface area contributed by atoms with Gasteiger partial charge in [-0.15, -0.1) is 0 Å². The number of nitrogens with zero attached hydrogens (tertiary/aromatic N) is 3. The van der Waals surface area contributed by atoms with Crippen LogP contribution in [0.5, 0.6) is 5.75 Å². The lowest BCUT2D eigenvalue weighted by Gasteiger charge is -2.28. The number of aromatic nitrogens is 3. The highest BCUT2D eigenvalue weighted by Crippen LogP contribution is 2.39. The number of ether oxygens (including phenoxy) is 1. The minimum Gasteiger partial charge on any atom is -0.423 e. The number of fused-ring (bicyclic) bond motifs is 2. The Hall–Kier alpha value is -3.72. The Labute approximate surface area is 192 Å². The van der Waals surface area contributed by atoms with Crippen LogP contribution in [0.25, 0.3) is 16.5 Å². The SMILES string of the molecule is C[C@H](Nc1ncnc2c1OC(F)(F)CN2)c1cc2cccc(Cl)c2c(=O)n1-c1ccccc1. The van der Waals surface area contributed by atoms with Crippen molar-refractivity contribution in [3.8, 4) is 11.4 Å². The van der Waals surface area contributed by atoms with Gasteiger partial charge in [0.1, 0.15) is 12.9 Å². The van der Waals surface area contributed by atoms with Crippen LogP contribution in [-0.4, -0.2) is 27.2 Å². The first-order valence-corrected chi connectivity index (χ1v) is 10.5. The Morgan fingerprint density at radius 2 is 1.97 bits per heavy atom. The zero-order valence-electron chi connectivity index (χ0n) is 17.3. The van der Waals surface area contributed by atoms with Gasteiger partial charge in [-0.1, -0.05) is 41.9 Å². The van der Waals surface area contributed by atoms with Crippen molar-refractivity contribution in [2.75, 3.05) is 17.2 Å². The number of rotatable bonds is 4. The monoisotopic (exact) mass is 469 g/mol. The van der Waals surface area contributed by atoms with E-state index in [2.05, 4.69) is 20.6 Å². The Balaban J connectivity index is 1.65. The van der Waals surface area contributed by atoms with Gasteiger partial charge in [-0.3, -0.25) is 9.36 Å². The molecule has 168 valence electrons. The Kier molecular flexibility index (Phi) is 5.13. The van der Waals surface area contributed by atoms with Gasteiger partial charge < -0.3 is 15.4 Å². The third-order valence-corrected chi connectivity index (χ3v) is 5.67. The fraction of sp³-hybridized carbons (Fsp3) is 0.174. The van der Waals surface area contributed by atoms with Gasteiger partial charge in [-0.2, -0.15) is 8.78 Å². The molecule has 0 radical (unpaired) electrons. The summed E-state index contributed by atoms with van der Waals surface area (Å²) in [6.45, 7) is 1.11. The van der Waals surface area contributed by atoms with Crippen molar-refractivity contribution in [2.45, 2.75) is 19.1 Å². The first kappa shape index (κ1) is 21.1. The second-order valence-corrected chi connectivity index (χ2v) is 8.02. The van der Waals surface area contributed by atoms with Gasteiger partial charge in [0.15, 0.2) is 11.6 Å². The molecule has 10 heteroatoms. The van der Waals surface area contributed by atoms with E-state index in [1.807, 2.05) is 24.3 Å². The second kappa shape index (κ2) is 8.00. The molecular formula is C23H18ClF2N5O2. The molecule has 5 rings (SSSR count). The van der Waals surface area contributed by atoms with Crippen LogP contribution in [-0.2, 0) is 0 Å². The molecule has 0 fully saturated rings. The zero-order valence-corrected chi connectivity index (χ0v) is 18.1. The quantitative estimate of drug-likeness (QED) is 0.437.